The summed E-state index contributed by atoms with van der Waals surface area (Å²) < 4.78 is 5.13. The molecule has 1 aromatic heterocycles. The molecule has 5 heteroatoms. The second-order valence-electron chi connectivity index (χ2n) is 3.58. The van der Waals surface area contributed by atoms with Crippen LogP contribution < -0.4 is 10.1 Å². The molecule has 1 N–H and O–H groups in total. The quantitative estimate of drug-likeness (QED) is 0.884. The van der Waals surface area contributed by atoms with Crippen LogP contribution in [0.3, 0.4) is 0 Å². The normalized spacial score (nSPS) is 9.56. The molecule has 0 atom stereocenters. The zero-order chi connectivity index (χ0) is 12.8. The number of rotatable bonds is 4. The van der Waals surface area contributed by atoms with Gasteiger partial charge in [0.25, 0.3) is 0 Å². The van der Waals surface area contributed by atoms with Crippen molar-refractivity contribution >= 4 is 5.69 Å². The van der Waals surface area contributed by atoms with E-state index in [4.69, 9.17) is 10.00 Å². The molecule has 0 aliphatic rings. The Morgan fingerprint density at radius 2 is 2.28 bits per heavy atom. The van der Waals surface area contributed by atoms with Crippen LogP contribution in [0.2, 0.25) is 0 Å². The fraction of sp³-hybridized carbons (Fsp3) is 0.154. The number of methoxy groups -OCH3 is 1. The average molecular weight is 240 g/mol. The molecule has 0 radical (unpaired) electrons. The van der Waals surface area contributed by atoms with Gasteiger partial charge in [0, 0.05) is 12.3 Å². The molecule has 0 bridgehead atoms. The third-order valence-corrected chi connectivity index (χ3v) is 2.45. The average Bonchev–Trinajstić information content (AvgIpc) is 2.45. The first-order valence-corrected chi connectivity index (χ1v) is 5.40. The zero-order valence-electron chi connectivity index (χ0n) is 9.92. The van der Waals surface area contributed by atoms with E-state index in [0.717, 1.165) is 11.4 Å². The molecule has 0 saturated heterocycles. The number of anilines is 1. The van der Waals surface area contributed by atoms with Gasteiger partial charge in [-0.3, -0.25) is 0 Å². The predicted octanol–water partition coefficient (Wildman–Crippen LogP) is 1.97. The second kappa shape index (κ2) is 5.64. The maximum Gasteiger partial charge on any atom is 0.121 e. The Kier molecular flexibility index (Phi) is 3.72. The van der Waals surface area contributed by atoms with E-state index >= 15 is 0 Å². The Morgan fingerprint density at radius 1 is 1.39 bits per heavy atom. The number of nitrogens with one attached hydrogen (secondary N) is 1. The summed E-state index contributed by atoms with van der Waals surface area (Å²) in [6.45, 7) is 0.532. The fourth-order valence-electron chi connectivity index (χ4n) is 1.50. The molecular formula is C13H12N4O. The van der Waals surface area contributed by atoms with Gasteiger partial charge in [-0.15, -0.1) is 0 Å². The predicted molar refractivity (Wildman–Crippen MR) is 67.1 cm³/mol. The molecule has 2 rings (SSSR count). The first kappa shape index (κ1) is 11.9. The SMILES string of the molecule is COc1ccc(C#N)c(NCc2ccncn2)c1. The van der Waals surface area contributed by atoms with Crippen LogP contribution in [0.25, 0.3) is 0 Å². The molecule has 0 fully saturated rings. The Bertz CT molecular complexity index is 563. The standard InChI is InChI=1S/C13H12N4O/c1-18-12-3-2-10(7-14)13(6-12)16-8-11-4-5-15-9-17-11/h2-6,9,16H,8H2,1H3. The summed E-state index contributed by atoms with van der Waals surface area (Å²) in [5.41, 5.74) is 2.16. The van der Waals surface area contributed by atoms with Crippen molar-refractivity contribution in [3.63, 3.8) is 0 Å². The number of nitrogens with zero attached hydrogens (tertiary/aromatic N) is 3. The van der Waals surface area contributed by atoms with Crippen molar-refractivity contribution in [3.05, 3.63) is 48.0 Å². The van der Waals surface area contributed by atoms with E-state index in [0.29, 0.717) is 17.9 Å². The lowest BCUT2D eigenvalue weighted by Crippen LogP contribution is -2.03. The molecule has 0 aliphatic carbocycles. The van der Waals surface area contributed by atoms with Crippen molar-refractivity contribution in [2.45, 2.75) is 6.54 Å². The zero-order valence-corrected chi connectivity index (χ0v) is 9.92. The van der Waals surface area contributed by atoms with E-state index in [9.17, 15) is 0 Å². The first-order valence-electron chi connectivity index (χ1n) is 5.40. The summed E-state index contributed by atoms with van der Waals surface area (Å²) in [5.74, 6) is 0.708. The van der Waals surface area contributed by atoms with Crippen LogP contribution >= 0.6 is 0 Å². The lowest BCUT2D eigenvalue weighted by Gasteiger charge is -2.09. The van der Waals surface area contributed by atoms with Gasteiger partial charge in [-0.1, -0.05) is 0 Å². The first-order chi connectivity index (χ1) is 8.83. The Balaban J connectivity index is 2.15. The summed E-state index contributed by atoms with van der Waals surface area (Å²) in [5, 5.41) is 12.2. The molecule has 0 unspecified atom stereocenters. The van der Waals surface area contributed by atoms with Crippen LogP contribution in [0.4, 0.5) is 5.69 Å². The van der Waals surface area contributed by atoms with Crippen molar-refractivity contribution in [2.24, 2.45) is 0 Å². The third-order valence-electron chi connectivity index (χ3n) is 2.45. The van der Waals surface area contributed by atoms with Crippen LogP contribution in [0, 0.1) is 11.3 Å². The number of hydrogen-bond donors (Lipinski definition) is 1. The van der Waals surface area contributed by atoms with Crippen LogP contribution in [0.5, 0.6) is 5.75 Å². The number of benzene rings is 1. The van der Waals surface area contributed by atoms with Crippen LogP contribution in [-0.4, -0.2) is 17.1 Å². The highest BCUT2D eigenvalue weighted by atomic mass is 16.5. The van der Waals surface area contributed by atoms with E-state index in [-0.39, 0.29) is 0 Å². The summed E-state index contributed by atoms with van der Waals surface area (Å²) in [4.78, 5) is 7.95. The molecule has 0 spiro atoms. The highest BCUT2D eigenvalue weighted by Crippen LogP contribution is 2.22. The monoisotopic (exact) mass is 240 g/mol. The summed E-state index contributed by atoms with van der Waals surface area (Å²) in [7, 11) is 1.59. The van der Waals surface area contributed by atoms with Crippen LogP contribution in [0.1, 0.15) is 11.3 Å². The van der Waals surface area contributed by atoms with Gasteiger partial charge in [-0.25, -0.2) is 9.97 Å². The summed E-state index contributed by atoms with van der Waals surface area (Å²) >= 11 is 0. The van der Waals surface area contributed by atoms with Crippen molar-refractivity contribution in [2.75, 3.05) is 12.4 Å². The van der Waals surface area contributed by atoms with Crippen molar-refractivity contribution in [1.29, 1.82) is 5.26 Å². The second-order valence-corrected chi connectivity index (χ2v) is 3.58. The fourth-order valence-corrected chi connectivity index (χ4v) is 1.50. The van der Waals surface area contributed by atoms with Crippen LogP contribution in [-0.2, 0) is 6.54 Å². The highest BCUT2D eigenvalue weighted by Gasteiger charge is 2.04. The van der Waals surface area contributed by atoms with Gasteiger partial charge in [-0.2, -0.15) is 5.26 Å². The molecule has 18 heavy (non-hydrogen) atoms. The van der Waals surface area contributed by atoms with Crippen molar-refractivity contribution < 1.29 is 4.74 Å². The molecular weight excluding hydrogens is 228 g/mol. The van der Waals surface area contributed by atoms with E-state index in [1.165, 1.54) is 6.33 Å². The van der Waals surface area contributed by atoms with Crippen molar-refractivity contribution in [1.82, 2.24) is 9.97 Å². The Hall–Kier alpha value is -2.61. The molecule has 90 valence electrons. The van der Waals surface area contributed by atoms with Crippen LogP contribution in [0.15, 0.2) is 36.8 Å². The maximum atomic E-state index is 9.02. The lowest BCUT2D eigenvalue weighted by molar-refractivity contribution is 0.415. The minimum Gasteiger partial charge on any atom is -0.497 e. The number of nitriles is 1. The molecule has 5 nitrogen and oxygen atoms in total. The third kappa shape index (κ3) is 2.74. The number of hydrogen-bond acceptors (Lipinski definition) is 5. The summed E-state index contributed by atoms with van der Waals surface area (Å²) in [6, 6.07) is 9.22. The largest absolute Gasteiger partial charge is 0.497 e. The molecule has 0 aliphatic heterocycles. The molecule has 0 saturated carbocycles. The van der Waals surface area contributed by atoms with Gasteiger partial charge in [0.2, 0.25) is 0 Å². The van der Waals surface area contributed by atoms with Gasteiger partial charge in [-0.05, 0) is 18.2 Å². The molecule has 0 amide bonds. The number of aromatic nitrogens is 2. The van der Waals surface area contributed by atoms with E-state index in [1.807, 2.05) is 6.07 Å². The van der Waals surface area contributed by atoms with E-state index in [1.54, 1.807) is 31.5 Å². The summed E-state index contributed by atoms with van der Waals surface area (Å²) in [6.07, 6.45) is 3.18. The maximum absolute atomic E-state index is 9.02. The van der Waals surface area contributed by atoms with Gasteiger partial charge >= 0.3 is 0 Å². The Morgan fingerprint density at radius 3 is 2.94 bits per heavy atom. The topological polar surface area (TPSA) is 70.8 Å². The minimum absolute atomic E-state index is 0.532. The van der Waals surface area contributed by atoms with Gasteiger partial charge in [0.1, 0.15) is 18.1 Å². The minimum atomic E-state index is 0.532. The molecule has 2 aromatic rings. The number of ether oxygens (including phenoxy) is 1. The van der Waals surface area contributed by atoms with Gasteiger partial charge in [0.15, 0.2) is 0 Å². The molecule has 1 aromatic carbocycles. The Labute approximate surface area is 105 Å². The van der Waals surface area contributed by atoms with E-state index < -0.39 is 0 Å². The molecule has 1 heterocycles. The smallest absolute Gasteiger partial charge is 0.121 e. The highest BCUT2D eigenvalue weighted by molar-refractivity contribution is 5.60. The van der Waals surface area contributed by atoms with Gasteiger partial charge < -0.3 is 10.1 Å². The van der Waals surface area contributed by atoms with Gasteiger partial charge in [0.05, 0.1) is 30.6 Å². The van der Waals surface area contributed by atoms with E-state index in [2.05, 4.69) is 21.4 Å². The lowest BCUT2D eigenvalue weighted by atomic mass is 10.2. The van der Waals surface area contributed by atoms with Crippen molar-refractivity contribution in [3.8, 4) is 11.8 Å².